The van der Waals surface area contributed by atoms with Crippen LogP contribution >= 0.6 is 0 Å². The van der Waals surface area contributed by atoms with Gasteiger partial charge in [-0.2, -0.15) is 0 Å². The summed E-state index contributed by atoms with van der Waals surface area (Å²) >= 11 is 0. The van der Waals surface area contributed by atoms with Crippen LogP contribution in [0, 0.1) is 45.3 Å². The zero-order valence-corrected chi connectivity index (χ0v) is 27.8. The molecule has 0 radical (unpaired) electrons. The van der Waals surface area contributed by atoms with Gasteiger partial charge in [0.1, 0.15) is 0 Å². The number of esters is 4. The highest BCUT2D eigenvalue weighted by atomic mass is 16.6. The lowest BCUT2D eigenvalue weighted by Gasteiger charge is -2.15. The first-order valence-electron chi connectivity index (χ1n) is 13.1. The van der Waals surface area contributed by atoms with Gasteiger partial charge in [0.25, 0.3) is 0 Å². The Morgan fingerprint density at radius 2 is 0.523 bits per heavy atom. The molecule has 0 spiro atoms. The van der Waals surface area contributed by atoms with Crippen LogP contribution in [-0.4, -0.2) is 130 Å². The zero-order valence-electron chi connectivity index (χ0n) is 27.8. The maximum atomic E-state index is 10.9. The summed E-state index contributed by atoms with van der Waals surface area (Å²) in [5.41, 5.74) is 0. The van der Waals surface area contributed by atoms with Crippen molar-refractivity contribution in [1.82, 2.24) is 0 Å². The second-order valence-corrected chi connectivity index (χ2v) is 8.82. The largest absolute Gasteiger partial charge is 0.467 e. The highest BCUT2D eigenvalue weighted by molar-refractivity contribution is 5.80. The minimum atomic E-state index is -0.655. The van der Waals surface area contributed by atoms with Gasteiger partial charge in [0.05, 0.1) is 28.4 Å². The van der Waals surface area contributed by atoms with E-state index in [1.54, 1.807) is 27.7 Å². The lowest BCUT2D eigenvalue weighted by atomic mass is 10.1. The fraction of sp³-hybridized carbons (Fsp3) is 0.714. The molecular weight excluding hydrogens is 584 g/mol. The van der Waals surface area contributed by atoms with Crippen LogP contribution in [0.5, 0.6) is 0 Å². The lowest BCUT2D eigenvalue weighted by molar-refractivity contribution is -0.154. The Kier molecular flexibility index (Phi) is 31.7. The Bertz CT molecular complexity index is 722. The van der Waals surface area contributed by atoms with Crippen molar-refractivity contribution in [2.75, 3.05) is 56.9 Å². The van der Waals surface area contributed by atoms with Crippen molar-refractivity contribution in [3.63, 3.8) is 0 Å². The van der Waals surface area contributed by atoms with Crippen LogP contribution in [0.2, 0.25) is 0 Å². The summed E-state index contributed by atoms with van der Waals surface area (Å²) in [6.45, 7) is 6.88. The average Bonchev–Trinajstić information content (AvgIpc) is 3.05. The third-order valence-electron chi connectivity index (χ3n) is 5.71. The second-order valence-electron chi connectivity index (χ2n) is 8.82. The van der Waals surface area contributed by atoms with Crippen LogP contribution in [0.3, 0.4) is 0 Å². The second kappa shape index (κ2) is 29.5. The minimum Gasteiger partial charge on any atom is -0.467 e. The van der Waals surface area contributed by atoms with Gasteiger partial charge in [0.15, 0.2) is 24.4 Å². The maximum absolute atomic E-state index is 10.9. The fourth-order valence-corrected chi connectivity index (χ4v) is 2.92. The van der Waals surface area contributed by atoms with Crippen molar-refractivity contribution in [3.05, 3.63) is 0 Å². The Hall–Kier alpha value is -3.60. The number of rotatable bonds is 16. The summed E-state index contributed by atoms with van der Waals surface area (Å²) in [6, 6.07) is 0. The third-order valence-corrected chi connectivity index (χ3v) is 5.71. The van der Waals surface area contributed by atoms with Gasteiger partial charge in [-0.05, 0) is 0 Å². The van der Waals surface area contributed by atoms with Crippen molar-refractivity contribution in [3.8, 4) is 0 Å². The standard InChI is InChI=1S/4C7H13NO3/c4*1-5(4-8)6(10-2)7(9)11-3/h4*4-6,8H,1-3H3. The number of carbonyl (C=O) groups is 4. The van der Waals surface area contributed by atoms with E-state index in [1.165, 1.54) is 56.9 Å². The fourth-order valence-electron chi connectivity index (χ4n) is 2.92. The van der Waals surface area contributed by atoms with E-state index in [9.17, 15) is 19.2 Å². The van der Waals surface area contributed by atoms with Crippen molar-refractivity contribution in [2.24, 2.45) is 23.7 Å². The first-order chi connectivity index (χ1) is 20.7. The van der Waals surface area contributed by atoms with Gasteiger partial charge in [-0.25, -0.2) is 19.2 Å². The highest BCUT2D eigenvalue weighted by Gasteiger charge is 2.25. The molecule has 256 valence electrons. The van der Waals surface area contributed by atoms with Gasteiger partial charge >= 0.3 is 23.9 Å². The van der Waals surface area contributed by atoms with E-state index in [-0.39, 0.29) is 23.7 Å². The molecule has 0 aromatic rings. The van der Waals surface area contributed by atoms with Gasteiger partial charge in [0, 0.05) is 77.0 Å². The number of nitrogens with one attached hydrogen (secondary N) is 4. The zero-order chi connectivity index (χ0) is 35.4. The molecule has 0 aliphatic rings. The summed E-state index contributed by atoms with van der Waals surface area (Å²) in [6.07, 6.45) is 2.01. The van der Waals surface area contributed by atoms with Crippen molar-refractivity contribution >= 4 is 48.7 Å². The monoisotopic (exact) mass is 636 g/mol. The molecule has 0 fully saturated rings. The topological polar surface area (TPSA) is 238 Å². The molecule has 4 N–H and O–H groups in total. The molecule has 0 heterocycles. The molecule has 0 aliphatic carbocycles. The summed E-state index contributed by atoms with van der Waals surface area (Å²) in [7, 11) is 10.9. The average molecular weight is 637 g/mol. The van der Waals surface area contributed by atoms with Gasteiger partial charge < -0.3 is 59.5 Å². The van der Waals surface area contributed by atoms with Crippen LogP contribution in [0.15, 0.2) is 0 Å². The summed E-state index contributed by atoms with van der Waals surface area (Å²) < 4.78 is 37.2. The molecule has 0 bridgehead atoms. The smallest absolute Gasteiger partial charge is 0.335 e. The van der Waals surface area contributed by atoms with E-state index in [2.05, 4.69) is 18.9 Å². The number of hydrogen-bond acceptors (Lipinski definition) is 16. The molecule has 0 amide bonds. The molecule has 8 atom stereocenters. The van der Waals surface area contributed by atoms with Crippen molar-refractivity contribution in [2.45, 2.75) is 52.1 Å². The Balaban J connectivity index is -0.000000242. The van der Waals surface area contributed by atoms with Crippen LogP contribution in [0.4, 0.5) is 0 Å². The van der Waals surface area contributed by atoms with Crippen LogP contribution in [-0.2, 0) is 57.1 Å². The van der Waals surface area contributed by atoms with E-state index < -0.39 is 48.3 Å². The molecule has 0 aromatic heterocycles. The van der Waals surface area contributed by atoms with Gasteiger partial charge in [-0.15, -0.1) is 0 Å². The molecule has 0 rings (SSSR count). The summed E-state index contributed by atoms with van der Waals surface area (Å²) in [5.74, 6) is -2.74. The summed E-state index contributed by atoms with van der Waals surface area (Å²) in [4.78, 5) is 43.6. The van der Waals surface area contributed by atoms with E-state index in [1.807, 2.05) is 0 Å². The van der Waals surface area contributed by atoms with Crippen LogP contribution < -0.4 is 0 Å². The predicted octanol–water partition coefficient (Wildman–Crippen LogP) is 1.84. The van der Waals surface area contributed by atoms with Crippen LogP contribution in [0.25, 0.3) is 0 Å². The first-order valence-corrected chi connectivity index (χ1v) is 13.1. The van der Waals surface area contributed by atoms with Crippen molar-refractivity contribution < 1.29 is 57.1 Å². The molecule has 16 nitrogen and oxygen atoms in total. The Morgan fingerprint density at radius 1 is 0.386 bits per heavy atom. The van der Waals surface area contributed by atoms with E-state index in [0.717, 1.165) is 24.9 Å². The Morgan fingerprint density at radius 3 is 0.591 bits per heavy atom. The van der Waals surface area contributed by atoms with Crippen LogP contribution in [0.1, 0.15) is 27.7 Å². The minimum absolute atomic E-state index is 0.243. The molecule has 0 saturated heterocycles. The molecule has 16 heteroatoms. The highest BCUT2D eigenvalue weighted by Crippen LogP contribution is 2.07. The Labute approximate surface area is 260 Å². The molecule has 8 unspecified atom stereocenters. The van der Waals surface area contributed by atoms with E-state index >= 15 is 0 Å². The predicted molar refractivity (Wildman–Crippen MR) is 163 cm³/mol. The van der Waals surface area contributed by atoms with E-state index in [4.69, 9.17) is 40.6 Å². The quantitative estimate of drug-likeness (QED) is 0.108. The third kappa shape index (κ3) is 19.6. The maximum Gasteiger partial charge on any atom is 0.335 e. The number of methoxy groups -OCH3 is 8. The molecule has 0 aromatic carbocycles. The van der Waals surface area contributed by atoms with Gasteiger partial charge in [-0.3, -0.25) is 0 Å². The molecule has 44 heavy (non-hydrogen) atoms. The number of carbonyl (C=O) groups excluding carboxylic acids is 4. The van der Waals surface area contributed by atoms with E-state index in [0.29, 0.717) is 0 Å². The number of hydrogen-bond donors (Lipinski definition) is 4. The normalized spacial score (nSPS) is 15.2. The number of ether oxygens (including phenoxy) is 8. The molecule has 0 saturated carbocycles. The summed E-state index contributed by atoms with van der Waals surface area (Å²) in [5, 5.41) is 27.6. The van der Waals surface area contributed by atoms with Gasteiger partial charge in [0.2, 0.25) is 0 Å². The SMILES string of the molecule is COC(=O)C(OC)C(C)C=N.COC(=O)C(OC)C(C)C=N.COC(=O)C(OC)C(C)C=N.COC(=O)C(OC)C(C)C=N. The molecule has 0 aliphatic heterocycles. The van der Waals surface area contributed by atoms with Gasteiger partial charge in [-0.1, -0.05) is 27.7 Å². The first kappa shape index (κ1) is 47.3. The molecular formula is C28H52N4O12. The van der Waals surface area contributed by atoms with Crippen molar-refractivity contribution in [1.29, 1.82) is 21.6 Å². The lowest BCUT2D eigenvalue weighted by Crippen LogP contribution is -2.31.